The summed E-state index contributed by atoms with van der Waals surface area (Å²) in [6.07, 6.45) is 2.92. The number of hydrogen-bond acceptors (Lipinski definition) is 3. The van der Waals surface area contributed by atoms with Crippen molar-refractivity contribution in [2.24, 2.45) is 0 Å². The number of benzene rings is 1. The molecule has 1 aromatic carbocycles. The normalized spacial score (nSPS) is 15.3. The maximum Gasteiger partial charge on any atom is 0.335 e. The first kappa shape index (κ1) is 14.7. The van der Waals surface area contributed by atoms with Gasteiger partial charge in [-0.2, -0.15) is 4.31 Å². The molecule has 0 saturated heterocycles. The summed E-state index contributed by atoms with van der Waals surface area (Å²) in [5.74, 6) is -2.36. The first-order chi connectivity index (χ1) is 9.37. The van der Waals surface area contributed by atoms with Gasteiger partial charge in [0.1, 0.15) is 10.7 Å². The van der Waals surface area contributed by atoms with Gasteiger partial charge in [0.2, 0.25) is 10.0 Å². The molecule has 0 heterocycles. The third kappa shape index (κ3) is 2.73. The molecule has 0 amide bonds. The second kappa shape index (κ2) is 5.34. The Morgan fingerprint density at radius 2 is 2.15 bits per heavy atom. The molecule has 0 bridgehead atoms. The average molecular weight is 299 g/mol. The molecule has 0 spiro atoms. The molecule has 1 saturated carbocycles. The Hall–Kier alpha value is -1.73. The highest BCUT2D eigenvalue weighted by molar-refractivity contribution is 7.89. The van der Waals surface area contributed by atoms with Gasteiger partial charge in [-0.05, 0) is 31.0 Å². The molecule has 0 radical (unpaired) electrons. The monoisotopic (exact) mass is 299 g/mol. The van der Waals surface area contributed by atoms with Crippen molar-refractivity contribution in [3.05, 3.63) is 42.2 Å². The molecule has 1 N–H and O–H groups in total. The summed E-state index contributed by atoms with van der Waals surface area (Å²) in [6.45, 7) is 3.60. The van der Waals surface area contributed by atoms with Gasteiger partial charge in [-0.3, -0.25) is 0 Å². The van der Waals surface area contributed by atoms with Crippen LogP contribution in [0.15, 0.2) is 35.7 Å². The Labute approximate surface area is 116 Å². The molecule has 2 rings (SSSR count). The number of rotatable bonds is 6. The van der Waals surface area contributed by atoms with E-state index in [0.717, 1.165) is 25.0 Å². The van der Waals surface area contributed by atoms with Crippen molar-refractivity contribution in [2.45, 2.75) is 23.8 Å². The molecule has 5 nitrogen and oxygen atoms in total. The van der Waals surface area contributed by atoms with Crippen molar-refractivity contribution in [3.8, 4) is 0 Å². The van der Waals surface area contributed by atoms with E-state index in [4.69, 9.17) is 5.11 Å². The van der Waals surface area contributed by atoms with Crippen LogP contribution in [-0.2, 0) is 10.0 Å². The summed E-state index contributed by atoms with van der Waals surface area (Å²) in [5.41, 5.74) is -0.289. The predicted molar refractivity (Wildman–Crippen MR) is 70.5 cm³/mol. The minimum absolute atomic E-state index is 0.104. The van der Waals surface area contributed by atoms with Crippen LogP contribution in [0.2, 0.25) is 0 Å². The number of aromatic carboxylic acids is 1. The predicted octanol–water partition coefficient (Wildman–Crippen LogP) is 1.86. The second-order valence-corrected chi connectivity index (χ2v) is 6.40. The highest BCUT2D eigenvalue weighted by Gasteiger charge is 2.38. The van der Waals surface area contributed by atoms with Gasteiger partial charge in [0.25, 0.3) is 0 Å². The van der Waals surface area contributed by atoms with E-state index in [-0.39, 0.29) is 18.2 Å². The number of halogens is 1. The molecule has 7 heteroatoms. The molecule has 1 aliphatic rings. The van der Waals surface area contributed by atoms with E-state index in [0.29, 0.717) is 6.07 Å². The third-order valence-electron chi connectivity index (χ3n) is 3.03. The number of hydrogen-bond donors (Lipinski definition) is 1. The highest BCUT2D eigenvalue weighted by atomic mass is 32.2. The van der Waals surface area contributed by atoms with Gasteiger partial charge in [0.15, 0.2) is 0 Å². The van der Waals surface area contributed by atoms with Crippen molar-refractivity contribution < 1.29 is 22.7 Å². The van der Waals surface area contributed by atoms with E-state index in [1.165, 1.54) is 10.4 Å². The summed E-state index contributed by atoms with van der Waals surface area (Å²) in [6, 6.07) is 2.66. The van der Waals surface area contributed by atoms with E-state index in [1.807, 2.05) is 0 Å². The van der Waals surface area contributed by atoms with Crippen molar-refractivity contribution in [3.63, 3.8) is 0 Å². The fraction of sp³-hybridized carbons (Fsp3) is 0.308. The molecule has 20 heavy (non-hydrogen) atoms. The Balaban J connectivity index is 2.42. The lowest BCUT2D eigenvalue weighted by Crippen LogP contribution is -2.33. The quantitative estimate of drug-likeness (QED) is 0.814. The lowest BCUT2D eigenvalue weighted by atomic mass is 10.2. The van der Waals surface area contributed by atoms with Crippen LogP contribution in [0, 0.1) is 5.82 Å². The van der Waals surface area contributed by atoms with E-state index in [2.05, 4.69) is 6.58 Å². The zero-order valence-corrected chi connectivity index (χ0v) is 11.4. The summed E-state index contributed by atoms with van der Waals surface area (Å²) in [7, 11) is -3.98. The second-order valence-electron chi connectivity index (χ2n) is 4.54. The summed E-state index contributed by atoms with van der Waals surface area (Å²) >= 11 is 0. The highest BCUT2D eigenvalue weighted by Crippen LogP contribution is 2.32. The first-order valence-corrected chi connectivity index (χ1v) is 7.47. The molecule has 0 unspecified atom stereocenters. The van der Waals surface area contributed by atoms with Crippen LogP contribution in [-0.4, -0.2) is 36.4 Å². The Bertz CT molecular complexity index is 652. The minimum Gasteiger partial charge on any atom is -0.478 e. The molecule has 1 aliphatic carbocycles. The Morgan fingerprint density at radius 1 is 1.50 bits per heavy atom. The van der Waals surface area contributed by atoms with E-state index >= 15 is 0 Å². The molecular formula is C13H14FNO4S. The lowest BCUT2D eigenvalue weighted by molar-refractivity contribution is 0.0696. The SMILES string of the molecule is C=CCN(C1CC1)S(=O)(=O)c1ccc(C(=O)O)cc1F. The summed E-state index contributed by atoms with van der Waals surface area (Å²) in [4.78, 5) is 10.2. The van der Waals surface area contributed by atoms with Crippen LogP contribution >= 0.6 is 0 Å². The van der Waals surface area contributed by atoms with Crippen molar-refractivity contribution >= 4 is 16.0 Å². The average Bonchev–Trinajstić information content (AvgIpc) is 3.19. The molecule has 1 aromatic rings. The van der Waals surface area contributed by atoms with Crippen molar-refractivity contribution in [2.75, 3.05) is 6.54 Å². The van der Waals surface area contributed by atoms with Crippen LogP contribution in [0.1, 0.15) is 23.2 Å². The van der Waals surface area contributed by atoms with E-state index < -0.39 is 26.7 Å². The Morgan fingerprint density at radius 3 is 2.60 bits per heavy atom. The molecule has 0 aliphatic heterocycles. The largest absolute Gasteiger partial charge is 0.478 e. The van der Waals surface area contributed by atoms with Crippen LogP contribution in [0.5, 0.6) is 0 Å². The third-order valence-corrected chi connectivity index (χ3v) is 4.98. The number of carbonyl (C=O) groups is 1. The van der Waals surface area contributed by atoms with Crippen LogP contribution < -0.4 is 0 Å². The maximum absolute atomic E-state index is 13.9. The maximum atomic E-state index is 13.9. The van der Waals surface area contributed by atoms with Gasteiger partial charge in [-0.15, -0.1) is 6.58 Å². The summed E-state index contributed by atoms with van der Waals surface area (Å²) in [5, 5.41) is 8.75. The molecule has 0 aromatic heterocycles. The lowest BCUT2D eigenvalue weighted by Gasteiger charge is -2.20. The van der Waals surface area contributed by atoms with Gasteiger partial charge in [-0.1, -0.05) is 6.08 Å². The van der Waals surface area contributed by atoms with Crippen LogP contribution in [0.4, 0.5) is 4.39 Å². The zero-order chi connectivity index (χ0) is 14.9. The number of carboxylic acid groups (broad SMARTS) is 1. The van der Waals surface area contributed by atoms with Gasteiger partial charge in [-0.25, -0.2) is 17.6 Å². The van der Waals surface area contributed by atoms with Gasteiger partial charge in [0.05, 0.1) is 5.56 Å². The number of sulfonamides is 1. The van der Waals surface area contributed by atoms with Crippen molar-refractivity contribution in [1.29, 1.82) is 0 Å². The number of carboxylic acids is 1. The van der Waals surface area contributed by atoms with Crippen molar-refractivity contribution in [1.82, 2.24) is 4.31 Å². The fourth-order valence-corrected chi connectivity index (χ4v) is 3.61. The van der Waals surface area contributed by atoms with Gasteiger partial charge < -0.3 is 5.11 Å². The standard InChI is InChI=1S/C13H14FNO4S/c1-2-7-15(10-4-5-10)20(18,19)12-6-3-9(13(16)17)8-11(12)14/h2-3,6,8,10H,1,4-5,7H2,(H,16,17). The van der Waals surface area contributed by atoms with Crippen LogP contribution in [0.3, 0.4) is 0 Å². The Kier molecular flexibility index (Phi) is 3.92. The summed E-state index contributed by atoms with van der Waals surface area (Å²) < 4.78 is 39.9. The zero-order valence-electron chi connectivity index (χ0n) is 10.6. The minimum atomic E-state index is -3.98. The van der Waals surface area contributed by atoms with E-state index in [9.17, 15) is 17.6 Å². The molecular weight excluding hydrogens is 285 g/mol. The number of nitrogens with zero attached hydrogens (tertiary/aromatic N) is 1. The van der Waals surface area contributed by atoms with Crippen LogP contribution in [0.25, 0.3) is 0 Å². The topological polar surface area (TPSA) is 74.7 Å². The van der Waals surface area contributed by atoms with Gasteiger partial charge in [0, 0.05) is 12.6 Å². The molecule has 1 fully saturated rings. The fourth-order valence-electron chi connectivity index (χ4n) is 1.90. The van der Waals surface area contributed by atoms with E-state index in [1.54, 1.807) is 0 Å². The molecule has 0 atom stereocenters. The smallest absolute Gasteiger partial charge is 0.335 e. The van der Waals surface area contributed by atoms with Gasteiger partial charge >= 0.3 is 5.97 Å². The molecule has 108 valence electrons. The first-order valence-electron chi connectivity index (χ1n) is 6.03.